The van der Waals surface area contributed by atoms with Crippen LogP contribution in [0.3, 0.4) is 0 Å². The summed E-state index contributed by atoms with van der Waals surface area (Å²) in [5, 5.41) is 13.1. The fourth-order valence-electron chi connectivity index (χ4n) is 14.5. The van der Waals surface area contributed by atoms with E-state index in [4.69, 9.17) is 9.97 Å². The lowest BCUT2D eigenvalue weighted by atomic mass is 9.96. The molecule has 0 saturated carbocycles. The molecule has 5 heterocycles. The van der Waals surface area contributed by atoms with Gasteiger partial charge in [0.25, 0.3) is 0 Å². The number of nitrogens with one attached hydrogen (secondary N) is 1. The van der Waals surface area contributed by atoms with Gasteiger partial charge < -0.3 is 14.1 Å². The molecule has 0 saturated heterocycles. The van der Waals surface area contributed by atoms with E-state index in [1.54, 1.807) is 0 Å². The maximum Gasteiger partial charge on any atom is 0.235 e. The van der Waals surface area contributed by atoms with E-state index in [1.165, 1.54) is 98.7 Å². The fraction of sp³-hybridized carbons (Fsp3) is 0. The van der Waals surface area contributed by atoms with Crippen molar-refractivity contribution in [1.82, 2.24) is 28.7 Å². The second-order valence-corrected chi connectivity index (χ2v) is 23.8. The zero-order chi connectivity index (χ0) is 59.0. The van der Waals surface area contributed by atoms with Gasteiger partial charge in [-0.25, -0.2) is 9.97 Å². The maximum atomic E-state index is 5.47. The summed E-state index contributed by atoms with van der Waals surface area (Å²) in [5.74, 6) is 0.640. The normalized spacial score (nSPS) is 12.0. The molecule has 90 heavy (non-hydrogen) atoms. The number of rotatable bonds is 8. The molecule has 0 aliphatic heterocycles. The highest BCUT2D eigenvalue weighted by atomic mass is 15.2. The van der Waals surface area contributed by atoms with Gasteiger partial charge in [-0.3, -0.25) is 4.57 Å². The molecule has 0 atom stereocenters. The number of hydrogen-bond donors (Lipinski definition) is 1. The largest absolute Gasteiger partial charge is 0.354 e. The van der Waals surface area contributed by atoms with Crippen LogP contribution in [0.2, 0.25) is 0 Å². The topological polar surface area (TPSA) is 56.4 Å². The van der Waals surface area contributed by atoms with E-state index < -0.39 is 0 Å². The zero-order valence-electron chi connectivity index (χ0n) is 48.7. The summed E-state index contributed by atoms with van der Waals surface area (Å²) in [5.41, 5.74) is 23.7. The predicted octanol–water partition coefficient (Wildman–Crippen LogP) is 22.0. The van der Waals surface area contributed by atoms with Crippen LogP contribution < -0.4 is 0 Å². The van der Waals surface area contributed by atoms with E-state index in [0.29, 0.717) is 5.95 Å². The van der Waals surface area contributed by atoms with Crippen LogP contribution in [0.1, 0.15) is 0 Å². The molecular weight excluding hydrogens is 1090 g/mol. The Bertz CT molecular complexity index is 6140. The van der Waals surface area contributed by atoms with Crippen molar-refractivity contribution in [3.05, 3.63) is 309 Å². The molecule has 14 aromatic carbocycles. The number of benzene rings is 14. The molecule has 0 amide bonds. The Hall–Kier alpha value is -12.1. The number of hydrogen-bond acceptors (Lipinski definition) is 2. The summed E-state index contributed by atoms with van der Waals surface area (Å²) < 4.78 is 6.98. The molecule has 418 valence electrons. The quantitative estimate of drug-likeness (QED) is 0.165. The van der Waals surface area contributed by atoms with Crippen LogP contribution in [0.4, 0.5) is 0 Å². The van der Waals surface area contributed by atoms with Gasteiger partial charge in [0.2, 0.25) is 5.95 Å². The van der Waals surface area contributed by atoms with Gasteiger partial charge in [-0.15, -0.1) is 0 Å². The van der Waals surface area contributed by atoms with Crippen LogP contribution in [0, 0.1) is 0 Å². The second-order valence-electron chi connectivity index (χ2n) is 23.8. The Labute approximate surface area is 517 Å². The molecule has 0 aliphatic rings. The molecule has 0 fully saturated rings. The average Bonchev–Trinajstić information content (AvgIpc) is 1.74. The van der Waals surface area contributed by atoms with E-state index in [1.807, 2.05) is 0 Å². The number of H-pyrrole nitrogens is 1. The molecule has 0 aliphatic carbocycles. The van der Waals surface area contributed by atoms with Crippen molar-refractivity contribution in [2.24, 2.45) is 0 Å². The summed E-state index contributed by atoms with van der Waals surface area (Å²) in [4.78, 5) is 14.5. The Balaban J connectivity index is 0.618. The lowest BCUT2D eigenvalue weighted by Gasteiger charge is -2.12. The summed E-state index contributed by atoms with van der Waals surface area (Å²) in [7, 11) is 0. The first-order valence-corrected chi connectivity index (χ1v) is 30.8. The third-order valence-corrected chi connectivity index (χ3v) is 18.8. The van der Waals surface area contributed by atoms with Crippen molar-refractivity contribution < 1.29 is 0 Å². The van der Waals surface area contributed by atoms with Gasteiger partial charge in [0, 0.05) is 76.4 Å². The monoisotopic (exact) mass is 1140 g/mol. The predicted molar refractivity (Wildman–Crippen MR) is 377 cm³/mol. The number of nitrogens with zero attached hydrogens (tertiary/aromatic N) is 5. The van der Waals surface area contributed by atoms with Crippen LogP contribution >= 0.6 is 0 Å². The molecule has 19 aromatic rings. The molecule has 0 spiro atoms. The third kappa shape index (κ3) is 7.85. The minimum atomic E-state index is 0.640. The molecule has 0 radical (unpaired) electrons. The molecular formula is C84H52N6. The van der Waals surface area contributed by atoms with E-state index >= 15 is 0 Å². The van der Waals surface area contributed by atoms with Crippen molar-refractivity contribution >= 4 is 109 Å². The molecule has 0 unspecified atom stereocenters. The van der Waals surface area contributed by atoms with Crippen molar-refractivity contribution in [3.8, 4) is 73.1 Å². The van der Waals surface area contributed by atoms with E-state index in [-0.39, 0.29) is 0 Å². The highest BCUT2D eigenvalue weighted by molar-refractivity contribution is 6.15. The van der Waals surface area contributed by atoms with Gasteiger partial charge in [-0.2, -0.15) is 0 Å². The number of fused-ring (bicyclic) bond motifs is 14. The molecule has 0 bridgehead atoms. The summed E-state index contributed by atoms with van der Waals surface area (Å²) >= 11 is 0. The van der Waals surface area contributed by atoms with Gasteiger partial charge in [0.05, 0.1) is 44.3 Å². The summed E-state index contributed by atoms with van der Waals surface area (Å²) in [6.45, 7) is 0. The SMILES string of the molecule is c1ccc(-n2c3ccccc3c3cc(-c4ccc5[nH]c6cc(-c7ccc8cc(-c9ccc(-c%10nc(-n%11c%12ccccc%12c%12cc(-c%13ccc%14c(c%13)c%13ccccc%13n%14-c%13ccccc%13)ccc%12%11)nc%11ccccc%10%11)cc9)ccc8c7)ccc6c5c4)ccc32)cc1. The molecule has 5 aromatic heterocycles. The van der Waals surface area contributed by atoms with Crippen LogP contribution in [-0.4, -0.2) is 28.7 Å². The van der Waals surface area contributed by atoms with Crippen LogP contribution in [0.15, 0.2) is 309 Å². The minimum absolute atomic E-state index is 0.640. The number of aromatic nitrogens is 6. The van der Waals surface area contributed by atoms with Crippen molar-refractivity contribution in [2.45, 2.75) is 0 Å². The number of para-hydroxylation sites is 6. The van der Waals surface area contributed by atoms with Gasteiger partial charge in [-0.1, -0.05) is 194 Å². The first-order chi connectivity index (χ1) is 44.6. The highest BCUT2D eigenvalue weighted by Crippen LogP contribution is 2.42. The van der Waals surface area contributed by atoms with E-state index in [2.05, 4.69) is 328 Å². The summed E-state index contributed by atoms with van der Waals surface area (Å²) in [6, 6.07) is 113. The van der Waals surface area contributed by atoms with Gasteiger partial charge in [-0.05, 0) is 171 Å². The van der Waals surface area contributed by atoms with E-state index in [9.17, 15) is 0 Å². The molecule has 6 heteroatoms. The Kier molecular flexibility index (Phi) is 11.0. The zero-order valence-corrected chi connectivity index (χ0v) is 48.7. The minimum Gasteiger partial charge on any atom is -0.354 e. The first kappa shape index (κ1) is 50.1. The van der Waals surface area contributed by atoms with Gasteiger partial charge in [0.1, 0.15) is 0 Å². The van der Waals surface area contributed by atoms with Crippen molar-refractivity contribution in [2.75, 3.05) is 0 Å². The average molecular weight is 1150 g/mol. The van der Waals surface area contributed by atoms with Crippen LogP contribution in [-0.2, 0) is 0 Å². The Morgan fingerprint density at radius 2 is 0.611 bits per heavy atom. The number of aromatic amines is 1. The Morgan fingerprint density at radius 3 is 1.18 bits per heavy atom. The lowest BCUT2D eigenvalue weighted by molar-refractivity contribution is 1.01. The van der Waals surface area contributed by atoms with Gasteiger partial charge in [0.15, 0.2) is 0 Å². The fourth-order valence-corrected chi connectivity index (χ4v) is 14.5. The molecule has 1 N–H and O–H groups in total. The first-order valence-electron chi connectivity index (χ1n) is 30.8. The van der Waals surface area contributed by atoms with Gasteiger partial charge >= 0.3 is 0 Å². The summed E-state index contributed by atoms with van der Waals surface area (Å²) in [6.07, 6.45) is 0. The third-order valence-electron chi connectivity index (χ3n) is 18.8. The van der Waals surface area contributed by atoms with E-state index in [0.717, 1.165) is 77.4 Å². The molecule has 19 rings (SSSR count). The van der Waals surface area contributed by atoms with Crippen LogP contribution in [0.25, 0.3) is 182 Å². The van der Waals surface area contributed by atoms with Crippen LogP contribution in [0.5, 0.6) is 0 Å². The van der Waals surface area contributed by atoms with Crippen molar-refractivity contribution in [1.29, 1.82) is 0 Å². The smallest absolute Gasteiger partial charge is 0.235 e. The molecule has 6 nitrogen and oxygen atoms in total. The highest BCUT2D eigenvalue weighted by Gasteiger charge is 2.21. The van der Waals surface area contributed by atoms with Crippen molar-refractivity contribution in [3.63, 3.8) is 0 Å². The maximum absolute atomic E-state index is 5.47. The Morgan fingerprint density at radius 1 is 0.222 bits per heavy atom. The standard InChI is InChI=1S/C84H52N6/c1-3-15-63(16-4-1)88-77-24-12-8-19-66(77)71-48-59(37-42-80(71)88)58-36-41-75-70(47-58)65-40-35-62(51-76(65)85-75)57-34-33-55-45-54(31-32-56(55)46-57)52-27-29-53(30-28-52)83-69-22-7-11-23-74(69)86-84(87-83)90-79-26-14-10-21-68(79)73-50-61(39-44-82(73)90)60-38-43-81-72(49-60)67-20-9-13-25-78(67)89(81)64-17-5-2-6-18-64/h1-51,85H. The lowest BCUT2D eigenvalue weighted by Crippen LogP contribution is -2.03. The second kappa shape index (κ2) is 19.7.